The molecule has 4 nitrogen and oxygen atoms in total. The van der Waals surface area contributed by atoms with E-state index in [9.17, 15) is 8.42 Å². The van der Waals surface area contributed by atoms with Crippen LogP contribution in [0.4, 0.5) is 5.69 Å². The highest BCUT2D eigenvalue weighted by Crippen LogP contribution is 2.31. The molecule has 0 amide bonds. The van der Waals surface area contributed by atoms with E-state index in [2.05, 4.69) is 19.2 Å². The van der Waals surface area contributed by atoms with E-state index in [1.54, 1.807) is 28.6 Å². The van der Waals surface area contributed by atoms with Gasteiger partial charge in [-0.3, -0.25) is 0 Å². The predicted octanol–water partition coefficient (Wildman–Crippen LogP) is 2.54. The number of nitrogens with one attached hydrogen (secondary N) is 1. The number of anilines is 1. The van der Waals surface area contributed by atoms with Crippen LogP contribution in [0.2, 0.25) is 0 Å². The molecule has 0 radical (unpaired) electrons. The summed E-state index contributed by atoms with van der Waals surface area (Å²) in [5.41, 5.74) is 0.980. The lowest BCUT2D eigenvalue weighted by molar-refractivity contribution is 0.187. The molecule has 0 unspecified atom stereocenters. The molecule has 0 saturated carbocycles. The summed E-state index contributed by atoms with van der Waals surface area (Å²) in [5.74, 6) is 0. The summed E-state index contributed by atoms with van der Waals surface area (Å²) in [6.45, 7) is 5.47. The molecule has 1 N–H and O–H groups in total. The quantitative estimate of drug-likeness (QED) is 0.927. The molecule has 1 aliphatic rings. The van der Waals surface area contributed by atoms with Gasteiger partial charge in [0.1, 0.15) is 0 Å². The fourth-order valence-corrected chi connectivity index (χ4v) is 4.18. The van der Waals surface area contributed by atoms with Crippen molar-refractivity contribution in [2.45, 2.75) is 31.6 Å². The molecule has 1 saturated heterocycles. The van der Waals surface area contributed by atoms with Crippen molar-refractivity contribution in [1.82, 2.24) is 4.31 Å². The molecule has 0 spiro atoms. The van der Waals surface area contributed by atoms with Crippen molar-refractivity contribution in [3.05, 3.63) is 24.3 Å². The van der Waals surface area contributed by atoms with Crippen molar-refractivity contribution in [2.75, 3.05) is 25.5 Å². The van der Waals surface area contributed by atoms with Crippen molar-refractivity contribution in [3.8, 4) is 0 Å². The van der Waals surface area contributed by atoms with Crippen LogP contribution < -0.4 is 5.32 Å². The van der Waals surface area contributed by atoms with Crippen molar-refractivity contribution < 1.29 is 8.42 Å². The van der Waals surface area contributed by atoms with Crippen LogP contribution in [0.3, 0.4) is 0 Å². The third kappa shape index (κ3) is 3.09. The van der Waals surface area contributed by atoms with Crippen molar-refractivity contribution >= 4 is 15.7 Å². The zero-order valence-corrected chi connectivity index (χ0v) is 12.6. The molecule has 0 aromatic heterocycles. The minimum absolute atomic E-state index is 0.0657. The summed E-state index contributed by atoms with van der Waals surface area (Å²) in [6, 6.07) is 6.93. The molecule has 2 rings (SSSR count). The highest BCUT2D eigenvalue weighted by molar-refractivity contribution is 7.89. The Hall–Kier alpha value is -1.07. The van der Waals surface area contributed by atoms with E-state index in [4.69, 9.17) is 0 Å². The molecule has 106 valence electrons. The summed E-state index contributed by atoms with van der Waals surface area (Å²) < 4.78 is 26.8. The first-order valence-electron chi connectivity index (χ1n) is 6.63. The summed E-state index contributed by atoms with van der Waals surface area (Å²) >= 11 is 0. The lowest BCUT2D eigenvalue weighted by Gasteiger charge is -2.37. The van der Waals surface area contributed by atoms with Gasteiger partial charge in [-0.1, -0.05) is 13.8 Å². The van der Waals surface area contributed by atoms with Gasteiger partial charge >= 0.3 is 0 Å². The number of rotatable bonds is 3. The van der Waals surface area contributed by atoms with E-state index in [1.807, 2.05) is 7.05 Å². The van der Waals surface area contributed by atoms with Crippen LogP contribution in [0.25, 0.3) is 0 Å². The van der Waals surface area contributed by atoms with E-state index in [-0.39, 0.29) is 5.41 Å². The predicted molar refractivity (Wildman–Crippen MR) is 77.8 cm³/mol. The first kappa shape index (κ1) is 14.3. The first-order chi connectivity index (χ1) is 8.85. The van der Waals surface area contributed by atoms with Gasteiger partial charge in [0.05, 0.1) is 4.90 Å². The number of nitrogens with zero attached hydrogens (tertiary/aromatic N) is 1. The average Bonchev–Trinajstić information content (AvgIpc) is 2.37. The molecule has 1 heterocycles. The normalized spacial score (nSPS) is 20.2. The van der Waals surface area contributed by atoms with Gasteiger partial charge < -0.3 is 5.32 Å². The molecular weight excluding hydrogens is 260 g/mol. The second kappa shape index (κ2) is 5.13. The molecule has 0 aliphatic carbocycles. The SMILES string of the molecule is CNc1ccc(S(=O)(=O)N2CCCC(C)(C)C2)cc1. The van der Waals surface area contributed by atoms with E-state index in [0.29, 0.717) is 18.0 Å². The lowest BCUT2D eigenvalue weighted by atomic mass is 9.85. The smallest absolute Gasteiger partial charge is 0.243 e. The summed E-state index contributed by atoms with van der Waals surface area (Å²) in [4.78, 5) is 0.379. The number of piperidine rings is 1. The third-order valence-corrected chi connectivity index (χ3v) is 5.51. The Balaban J connectivity index is 2.26. The van der Waals surface area contributed by atoms with Gasteiger partial charge in [-0.25, -0.2) is 8.42 Å². The highest BCUT2D eigenvalue weighted by atomic mass is 32.2. The molecule has 19 heavy (non-hydrogen) atoms. The molecule has 1 fully saturated rings. The topological polar surface area (TPSA) is 49.4 Å². The molecule has 0 atom stereocenters. The standard InChI is InChI=1S/C14H22N2O2S/c1-14(2)9-4-10-16(11-14)19(17,18)13-7-5-12(15-3)6-8-13/h5-8,15H,4,9-11H2,1-3H3. The van der Waals surface area contributed by atoms with E-state index < -0.39 is 10.0 Å². The second-order valence-corrected chi connectivity index (χ2v) is 7.82. The largest absolute Gasteiger partial charge is 0.388 e. The minimum atomic E-state index is -3.35. The number of sulfonamides is 1. The van der Waals surface area contributed by atoms with E-state index >= 15 is 0 Å². The lowest BCUT2D eigenvalue weighted by Crippen LogP contribution is -2.43. The van der Waals surface area contributed by atoms with Gasteiger partial charge in [-0.15, -0.1) is 0 Å². The van der Waals surface area contributed by atoms with Crippen LogP contribution in [0.5, 0.6) is 0 Å². The molecule has 5 heteroatoms. The Morgan fingerprint density at radius 2 is 1.84 bits per heavy atom. The van der Waals surface area contributed by atoms with E-state index in [0.717, 1.165) is 18.5 Å². The fraction of sp³-hybridized carbons (Fsp3) is 0.571. The van der Waals surface area contributed by atoms with Crippen LogP contribution >= 0.6 is 0 Å². The zero-order valence-electron chi connectivity index (χ0n) is 11.8. The summed E-state index contributed by atoms with van der Waals surface area (Å²) in [6.07, 6.45) is 2.01. The van der Waals surface area contributed by atoms with Gasteiger partial charge in [0.2, 0.25) is 10.0 Å². The van der Waals surface area contributed by atoms with Crippen LogP contribution in [0, 0.1) is 5.41 Å². The van der Waals surface area contributed by atoms with Gasteiger partial charge in [-0.2, -0.15) is 4.31 Å². The molecule has 1 aliphatic heterocycles. The van der Waals surface area contributed by atoms with Crippen molar-refractivity contribution in [1.29, 1.82) is 0 Å². The van der Waals surface area contributed by atoms with Crippen LogP contribution in [0.1, 0.15) is 26.7 Å². The van der Waals surface area contributed by atoms with Gasteiger partial charge in [0.25, 0.3) is 0 Å². The Labute approximate surface area is 115 Å². The average molecular weight is 282 g/mol. The molecule has 0 bridgehead atoms. The summed E-state index contributed by atoms with van der Waals surface area (Å²) in [5, 5.41) is 2.99. The maximum atomic E-state index is 12.6. The highest BCUT2D eigenvalue weighted by Gasteiger charge is 2.33. The second-order valence-electron chi connectivity index (χ2n) is 5.88. The molecule has 1 aromatic carbocycles. The number of benzene rings is 1. The zero-order chi connectivity index (χ0) is 14.1. The Bertz CT molecular complexity index is 535. The van der Waals surface area contributed by atoms with Crippen molar-refractivity contribution in [3.63, 3.8) is 0 Å². The third-order valence-electron chi connectivity index (χ3n) is 3.65. The first-order valence-corrected chi connectivity index (χ1v) is 8.07. The minimum Gasteiger partial charge on any atom is -0.388 e. The number of hydrogen-bond donors (Lipinski definition) is 1. The summed E-state index contributed by atoms with van der Waals surface area (Å²) in [7, 11) is -1.54. The Morgan fingerprint density at radius 3 is 2.37 bits per heavy atom. The van der Waals surface area contributed by atoms with Crippen LogP contribution in [0.15, 0.2) is 29.2 Å². The molecule has 1 aromatic rings. The van der Waals surface area contributed by atoms with Gasteiger partial charge in [-0.05, 0) is 42.5 Å². The number of hydrogen-bond acceptors (Lipinski definition) is 3. The van der Waals surface area contributed by atoms with Crippen LogP contribution in [-0.4, -0.2) is 32.9 Å². The van der Waals surface area contributed by atoms with Gasteiger partial charge in [0, 0.05) is 25.8 Å². The van der Waals surface area contributed by atoms with Gasteiger partial charge in [0.15, 0.2) is 0 Å². The maximum absolute atomic E-state index is 12.6. The fourth-order valence-electron chi connectivity index (χ4n) is 2.52. The monoisotopic (exact) mass is 282 g/mol. The van der Waals surface area contributed by atoms with Crippen LogP contribution in [-0.2, 0) is 10.0 Å². The Kier molecular flexibility index (Phi) is 3.87. The molecular formula is C14H22N2O2S. The van der Waals surface area contributed by atoms with Crippen molar-refractivity contribution in [2.24, 2.45) is 5.41 Å². The van der Waals surface area contributed by atoms with E-state index in [1.165, 1.54) is 0 Å². The Morgan fingerprint density at radius 1 is 1.21 bits per heavy atom. The maximum Gasteiger partial charge on any atom is 0.243 e.